The summed E-state index contributed by atoms with van der Waals surface area (Å²) in [6.07, 6.45) is 4.63. The highest BCUT2D eigenvalue weighted by Gasteiger charge is 2.30. The third-order valence-electron chi connectivity index (χ3n) is 11.4. The first-order chi connectivity index (χ1) is 35.5. The van der Waals surface area contributed by atoms with Crippen molar-refractivity contribution in [2.45, 2.75) is 74.8 Å². The number of nitrogens with two attached hydrogens (primary N) is 2. The molecule has 0 fully saturated rings. The van der Waals surface area contributed by atoms with Crippen LogP contribution in [0.1, 0.15) is 35.1 Å². The van der Waals surface area contributed by atoms with Gasteiger partial charge in [0.25, 0.3) is 0 Å². The van der Waals surface area contributed by atoms with Crippen LogP contribution in [0, 0.1) is 0 Å². The minimum atomic E-state index is -1.14. The van der Waals surface area contributed by atoms with Gasteiger partial charge in [-0.1, -0.05) is 84.9 Å². The number of aromatic hydroxyl groups is 2. The van der Waals surface area contributed by atoms with Crippen molar-refractivity contribution in [1.29, 1.82) is 0 Å². The van der Waals surface area contributed by atoms with Crippen LogP contribution >= 0.6 is 23.5 Å². The van der Waals surface area contributed by atoms with Gasteiger partial charge in [-0.25, -0.2) is 0 Å². The van der Waals surface area contributed by atoms with Crippen molar-refractivity contribution >= 4 is 70.8 Å². The number of phenolic OH excluding ortho intramolecular Hbond substituents is 2. The second-order valence-corrected chi connectivity index (χ2v) is 19.2. The Balaban J connectivity index is 1.27. The predicted octanol–water partition coefficient (Wildman–Crippen LogP) is -0.0668. The molecule has 4 aromatic carbocycles. The van der Waals surface area contributed by atoms with E-state index in [4.69, 9.17) is 11.5 Å². The number of phenols is 2. The van der Waals surface area contributed by atoms with Crippen molar-refractivity contribution in [2.24, 2.45) is 11.5 Å². The Labute approximate surface area is 439 Å². The van der Waals surface area contributed by atoms with Crippen LogP contribution < -0.4 is 54.0 Å². The minimum Gasteiger partial charge on any atom is -0.508 e. The maximum absolute atomic E-state index is 13.7. The van der Waals surface area contributed by atoms with Gasteiger partial charge in [0.15, 0.2) is 0 Å². The van der Waals surface area contributed by atoms with E-state index >= 15 is 0 Å². The Hall–Kier alpha value is -7.14. The highest BCUT2D eigenvalue weighted by Crippen LogP contribution is 2.14. The summed E-state index contributed by atoms with van der Waals surface area (Å²) in [4.78, 5) is 107. The van der Waals surface area contributed by atoms with Crippen molar-refractivity contribution in [1.82, 2.24) is 42.5 Å². The summed E-state index contributed by atoms with van der Waals surface area (Å²) in [6, 6.07) is 24.0. The maximum Gasteiger partial charge on any atom is 0.243 e. The molecule has 0 saturated heterocycles. The number of carbonyl (C=O) groups is 8. The molecule has 6 atom stereocenters. The van der Waals surface area contributed by atoms with Gasteiger partial charge in [0, 0.05) is 25.9 Å². The van der Waals surface area contributed by atoms with Gasteiger partial charge in [-0.2, -0.15) is 23.5 Å². The molecule has 0 aliphatic carbocycles. The molecular formula is C52H68N10O10S2. The monoisotopic (exact) mass is 1060 g/mol. The van der Waals surface area contributed by atoms with Crippen molar-refractivity contribution in [2.75, 3.05) is 50.2 Å². The summed E-state index contributed by atoms with van der Waals surface area (Å²) in [5.74, 6) is -3.73. The summed E-state index contributed by atoms with van der Waals surface area (Å²) in [7, 11) is 0. The van der Waals surface area contributed by atoms with Gasteiger partial charge >= 0.3 is 0 Å². The van der Waals surface area contributed by atoms with Crippen molar-refractivity contribution in [3.05, 3.63) is 131 Å². The Bertz CT molecular complexity index is 2270. The Kier molecular flexibility index (Phi) is 25.8. The lowest BCUT2D eigenvalue weighted by molar-refractivity contribution is -0.133. The highest BCUT2D eigenvalue weighted by atomic mass is 32.2. The summed E-state index contributed by atoms with van der Waals surface area (Å²) >= 11 is 2.93. The third kappa shape index (κ3) is 21.9. The highest BCUT2D eigenvalue weighted by molar-refractivity contribution is 7.98. The SMILES string of the molecule is CSCC[C@@H](NC(=O)[C@@H](N)Cc1ccc(O)cc1)C(=O)N[C@@H](Cc1ccccc1)C(=O)NCC(=O)NCCNC(=O)CNC(=O)[C@H](Cc1ccccc1)NC(=O)[C@@H](CCSC)NC(=O)[C@@H](N)Cc1ccc(O)cc1. The smallest absolute Gasteiger partial charge is 0.243 e. The summed E-state index contributed by atoms with van der Waals surface area (Å²) in [6.45, 7) is -1.02. The first-order valence-corrected chi connectivity index (χ1v) is 26.8. The van der Waals surface area contributed by atoms with Crippen LogP contribution in [0.25, 0.3) is 0 Å². The second kappa shape index (κ2) is 32.1. The lowest BCUT2D eigenvalue weighted by Gasteiger charge is -2.24. The molecule has 8 amide bonds. The van der Waals surface area contributed by atoms with Crippen molar-refractivity contribution in [3.63, 3.8) is 0 Å². The van der Waals surface area contributed by atoms with Gasteiger partial charge in [0.05, 0.1) is 25.2 Å². The predicted molar refractivity (Wildman–Crippen MR) is 286 cm³/mol. The van der Waals surface area contributed by atoms with Crippen LogP contribution in [0.15, 0.2) is 109 Å². The molecule has 22 heteroatoms. The first kappa shape index (κ1) is 59.4. The van der Waals surface area contributed by atoms with Gasteiger partial charge < -0.3 is 64.2 Å². The van der Waals surface area contributed by atoms with E-state index < -0.39 is 96.6 Å². The van der Waals surface area contributed by atoms with Crippen LogP contribution in [-0.4, -0.2) is 144 Å². The molecule has 0 saturated carbocycles. The molecule has 0 spiro atoms. The minimum absolute atomic E-state index is 0.0429. The van der Waals surface area contributed by atoms with Gasteiger partial charge in [0.1, 0.15) is 35.7 Å². The van der Waals surface area contributed by atoms with E-state index in [1.165, 1.54) is 47.8 Å². The Morgan fingerprint density at radius 1 is 0.419 bits per heavy atom. The van der Waals surface area contributed by atoms with Gasteiger partial charge in [-0.15, -0.1) is 0 Å². The quantitative estimate of drug-likeness (QED) is 0.0294. The number of benzene rings is 4. The van der Waals surface area contributed by atoms with E-state index in [2.05, 4.69) is 42.5 Å². The normalized spacial score (nSPS) is 13.3. The van der Waals surface area contributed by atoms with Gasteiger partial charge in [-0.05, 0) is 96.2 Å². The lowest BCUT2D eigenvalue weighted by Crippen LogP contribution is -2.57. The maximum atomic E-state index is 13.7. The lowest BCUT2D eigenvalue weighted by atomic mass is 10.0. The average Bonchev–Trinajstić information content (AvgIpc) is 3.39. The number of hydrogen-bond acceptors (Lipinski definition) is 14. The zero-order chi connectivity index (χ0) is 53.8. The number of hydrogen-bond donors (Lipinski definition) is 12. The van der Waals surface area contributed by atoms with Crippen LogP contribution in [0.4, 0.5) is 0 Å². The van der Waals surface area contributed by atoms with E-state index in [0.717, 1.165) is 11.1 Å². The van der Waals surface area contributed by atoms with E-state index in [9.17, 15) is 48.6 Å². The molecule has 0 aliphatic heterocycles. The van der Waals surface area contributed by atoms with Crippen LogP contribution in [-0.2, 0) is 64.0 Å². The number of rotatable bonds is 31. The van der Waals surface area contributed by atoms with Crippen LogP contribution in [0.5, 0.6) is 11.5 Å². The summed E-state index contributed by atoms with van der Waals surface area (Å²) in [5, 5.41) is 40.4. The Morgan fingerprint density at radius 3 is 1.08 bits per heavy atom. The number of thioether (sulfide) groups is 2. The third-order valence-corrected chi connectivity index (χ3v) is 12.7. The van der Waals surface area contributed by atoms with E-state index in [1.54, 1.807) is 84.9 Å². The molecule has 0 bridgehead atoms. The van der Waals surface area contributed by atoms with Crippen LogP contribution in [0.3, 0.4) is 0 Å². The van der Waals surface area contributed by atoms with Crippen LogP contribution in [0.2, 0.25) is 0 Å². The molecule has 0 heterocycles. The van der Waals surface area contributed by atoms with Gasteiger partial charge in [-0.3, -0.25) is 38.4 Å². The molecule has 0 unspecified atom stereocenters. The standard InChI is InChI=1S/C52H68N10O10S2/c1-73-25-21-41(59-47(67)39(53)27-35-13-17-37(63)18-14-35)51(71)61-43(29-33-9-5-3-6-10-33)49(69)57-31-45(65)55-23-24-56-46(66)32-58-50(70)44(30-34-11-7-4-8-12-34)62-52(72)42(22-26-74-2)60-48(68)40(54)28-36-15-19-38(64)20-16-36/h3-20,39-44,63-64H,21-32,53-54H2,1-2H3,(H,55,65)(H,56,66)(H,57,69)(H,58,70)(H,59,67)(H,60,68)(H,61,71)(H,62,72)/t39-,40-,41+,42+,43-,44-/m0/s1. The summed E-state index contributed by atoms with van der Waals surface area (Å²) < 4.78 is 0. The number of carbonyl (C=O) groups excluding carboxylic acids is 8. The fourth-order valence-corrected chi connectivity index (χ4v) is 8.24. The largest absolute Gasteiger partial charge is 0.508 e. The average molecular weight is 1060 g/mol. The van der Waals surface area contributed by atoms with E-state index in [1.807, 2.05) is 12.5 Å². The number of nitrogens with one attached hydrogen (secondary N) is 8. The molecule has 0 radical (unpaired) electrons. The molecule has 4 aromatic rings. The molecule has 4 rings (SSSR count). The van der Waals surface area contributed by atoms with Gasteiger partial charge in [0.2, 0.25) is 47.3 Å². The van der Waals surface area contributed by atoms with E-state index in [-0.39, 0.29) is 63.1 Å². The first-order valence-electron chi connectivity index (χ1n) is 24.0. The molecule has 20 nitrogen and oxygen atoms in total. The Morgan fingerprint density at radius 2 is 0.743 bits per heavy atom. The fourth-order valence-electron chi connectivity index (χ4n) is 7.30. The topological polar surface area (TPSA) is 325 Å². The van der Waals surface area contributed by atoms with E-state index in [0.29, 0.717) is 22.6 Å². The second-order valence-electron chi connectivity index (χ2n) is 17.3. The molecule has 398 valence electrons. The molecule has 14 N–H and O–H groups in total. The zero-order valence-electron chi connectivity index (χ0n) is 41.5. The van der Waals surface area contributed by atoms with Crippen molar-refractivity contribution in [3.8, 4) is 11.5 Å². The summed E-state index contributed by atoms with van der Waals surface area (Å²) in [5.41, 5.74) is 15.2. The van der Waals surface area contributed by atoms with Crippen molar-refractivity contribution < 1.29 is 48.6 Å². The molecule has 0 aromatic heterocycles. The fraction of sp³-hybridized carbons (Fsp3) is 0.385. The molecular weight excluding hydrogens is 989 g/mol. The molecule has 74 heavy (non-hydrogen) atoms. The molecule has 0 aliphatic rings. The number of amides is 8. The zero-order valence-corrected chi connectivity index (χ0v) is 43.1.